The zero-order valence-electron chi connectivity index (χ0n) is 18.6. The molecule has 0 saturated heterocycles. The summed E-state index contributed by atoms with van der Waals surface area (Å²) in [7, 11) is 0. The molecule has 0 unspecified atom stereocenters. The van der Waals surface area contributed by atoms with Gasteiger partial charge in [-0.25, -0.2) is 0 Å². The van der Waals surface area contributed by atoms with Gasteiger partial charge in [-0.2, -0.15) is 11.8 Å². The summed E-state index contributed by atoms with van der Waals surface area (Å²) in [6.07, 6.45) is 7.14. The van der Waals surface area contributed by atoms with Crippen LogP contribution in [-0.4, -0.2) is 30.2 Å². The predicted octanol–water partition coefficient (Wildman–Crippen LogP) is 6.10. The molecule has 3 rings (SSSR count). The van der Waals surface area contributed by atoms with E-state index < -0.39 is 0 Å². The second kappa shape index (κ2) is 12.8. The quantitative estimate of drug-likeness (QED) is 0.326. The van der Waals surface area contributed by atoms with Crippen molar-refractivity contribution in [1.29, 1.82) is 0 Å². The minimum atomic E-state index is -0.313. The van der Waals surface area contributed by atoms with Gasteiger partial charge in [-0.15, -0.1) is 0 Å². The van der Waals surface area contributed by atoms with Crippen LogP contribution in [0.5, 0.6) is 0 Å². The van der Waals surface area contributed by atoms with Gasteiger partial charge in [-0.05, 0) is 42.3 Å². The van der Waals surface area contributed by atoms with Gasteiger partial charge in [0.25, 0.3) is 5.91 Å². The van der Waals surface area contributed by atoms with Gasteiger partial charge in [0, 0.05) is 28.6 Å². The van der Waals surface area contributed by atoms with E-state index in [2.05, 4.69) is 22.9 Å². The summed E-state index contributed by atoms with van der Waals surface area (Å²) in [6.45, 7) is 2.89. The fourth-order valence-corrected chi connectivity index (χ4v) is 4.73. The fraction of sp³-hybridized carbons (Fsp3) is 0.440. The Morgan fingerprint density at radius 1 is 1.03 bits per heavy atom. The molecular weight excluding hydrogens is 442 g/mol. The highest BCUT2D eigenvalue weighted by molar-refractivity contribution is 7.98. The molecule has 2 aromatic rings. The van der Waals surface area contributed by atoms with Crippen molar-refractivity contribution in [1.82, 2.24) is 5.32 Å². The Morgan fingerprint density at radius 3 is 2.56 bits per heavy atom. The summed E-state index contributed by atoms with van der Waals surface area (Å²) in [5.41, 5.74) is 3.23. The Balaban J connectivity index is 1.45. The largest absolute Gasteiger partial charge is 0.371 e. The number of nitrogens with one attached hydrogen (secondary N) is 3. The number of carbonyl (C=O) groups is 2. The normalized spacial score (nSPS) is 14.9. The van der Waals surface area contributed by atoms with Crippen LogP contribution in [0.1, 0.15) is 61.4 Å². The molecule has 3 N–H and O–H groups in total. The van der Waals surface area contributed by atoms with E-state index in [0.29, 0.717) is 23.5 Å². The summed E-state index contributed by atoms with van der Waals surface area (Å²) in [5.74, 6) is 1.28. The Morgan fingerprint density at radius 2 is 1.78 bits per heavy atom. The molecule has 1 aliphatic rings. The molecule has 2 amide bonds. The number of unbranched alkanes of at least 4 members (excludes halogenated alkanes) is 5. The molecule has 0 bridgehead atoms. The van der Waals surface area contributed by atoms with Gasteiger partial charge < -0.3 is 16.0 Å². The highest BCUT2D eigenvalue weighted by Crippen LogP contribution is 2.29. The Bertz CT molecular complexity index is 905. The number of amides is 2. The predicted molar refractivity (Wildman–Crippen MR) is 136 cm³/mol. The number of carbonyl (C=O) groups excluding carboxylic acids is 2. The number of hydrogen-bond acceptors (Lipinski definition) is 4. The van der Waals surface area contributed by atoms with Gasteiger partial charge in [0.05, 0.1) is 11.4 Å². The lowest BCUT2D eigenvalue weighted by Gasteiger charge is -2.27. The van der Waals surface area contributed by atoms with Crippen LogP contribution in [0.25, 0.3) is 0 Å². The van der Waals surface area contributed by atoms with E-state index in [0.717, 1.165) is 29.3 Å². The van der Waals surface area contributed by atoms with Gasteiger partial charge in [0.15, 0.2) is 0 Å². The van der Waals surface area contributed by atoms with Gasteiger partial charge >= 0.3 is 0 Å². The van der Waals surface area contributed by atoms with E-state index in [4.69, 9.17) is 11.6 Å². The van der Waals surface area contributed by atoms with Crippen LogP contribution < -0.4 is 16.0 Å². The fourth-order valence-electron chi connectivity index (χ4n) is 3.59. The molecule has 172 valence electrons. The third-order valence-corrected chi connectivity index (χ3v) is 6.83. The van der Waals surface area contributed by atoms with E-state index >= 15 is 0 Å². The summed E-state index contributed by atoms with van der Waals surface area (Å²) >= 11 is 7.61. The third kappa shape index (κ3) is 7.45. The zero-order chi connectivity index (χ0) is 22.8. The van der Waals surface area contributed by atoms with Crippen molar-refractivity contribution < 1.29 is 9.59 Å². The highest BCUT2D eigenvalue weighted by Gasteiger charge is 2.26. The molecule has 7 heteroatoms. The van der Waals surface area contributed by atoms with Crippen molar-refractivity contribution in [3.8, 4) is 0 Å². The first-order chi connectivity index (χ1) is 15.6. The molecule has 32 heavy (non-hydrogen) atoms. The molecular formula is C25H32ClN3O2S. The Hall–Kier alpha value is -2.18. The van der Waals surface area contributed by atoms with E-state index in [9.17, 15) is 9.59 Å². The van der Waals surface area contributed by atoms with Crippen molar-refractivity contribution in [3.63, 3.8) is 0 Å². The molecule has 1 atom stereocenters. The molecule has 0 saturated carbocycles. The van der Waals surface area contributed by atoms with Crippen LogP contribution in [-0.2, 0) is 10.5 Å². The first kappa shape index (κ1) is 24.5. The number of halogens is 1. The minimum Gasteiger partial charge on any atom is -0.371 e. The number of benzene rings is 2. The minimum absolute atomic E-state index is 0.0780. The maximum absolute atomic E-state index is 12.5. The van der Waals surface area contributed by atoms with Crippen LogP contribution >= 0.6 is 23.4 Å². The van der Waals surface area contributed by atoms with Crippen LogP contribution in [0.2, 0.25) is 5.02 Å². The standard InChI is InChI=1S/C25H32ClN3O2S/c1-2-3-4-5-6-7-14-27-24(30)19-10-13-21-22(15-19)29-25(31)23(28-21)17-32-16-18-8-11-20(26)12-9-18/h8-13,15,23,28H,2-7,14,16-17H2,1H3,(H,27,30)(H,29,31)/t23-/m1/s1. The molecule has 1 aliphatic heterocycles. The maximum atomic E-state index is 12.5. The number of thioether (sulfide) groups is 1. The highest BCUT2D eigenvalue weighted by atomic mass is 35.5. The monoisotopic (exact) mass is 473 g/mol. The van der Waals surface area contributed by atoms with E-state index in [-0.39, 0.29) is 17.9 Å². The van der Waals surface area contributed by atoms with Gasteiger partial charge in [-0.3, -0.25) is 9.59 Å². The number of hydrogen-bond donors (Lipinski definition) is 3. The topological polar surface area (TPSA) is 70.2 Å². The van der Waals surface area contributed by atoms with Gasteiger partial charge in [0.2, 0.25) is 5.91 Å². The number of fused-ring (bicyclic) bond motifs is 1. The first-order valence-corrected chi connectivity index (χ1v) is 12.9. The SMILES string of the molecule is CCCCCCCCNC(=O)c1ccc2c(c1)NC(=O)[C@@H](CSCc1ccc(Cl)cc1)N2. The Kier molecular flexibility index (Phi) is 9.75. The lowest BCUT2D eigenvalue weighted by molar-refractivity contribution is -0.116. The van der Waals surface area contributed by atoms with Crippen LogP contribution in [0.15, 0.2) is 42.5 Å². The van der Waals surface area contributed by atoms with E-state index in [1.165, 1.54) is 31.2 Å². The summed E-state index contributed by atoms with van der Waals surface area (Å²) in [6, 6.07) is 12.8. The van der Waals surface area contributed by atoms with Crippen molar-refractivity contribution in [2.75, 3.05) is 22.9 Å². The van der Waals surface area contributed by atoms with Crippen LogP contribution in [0.4, 0.5) is 11.4 Å². The molecule has 1 heterocycles. The smallest absolute Gasteiger partial charge is 0.251 e. The van der Waals surface area contributed by atoms with E-state index in [1.807, 2.05) is 30.3 Å². The molecule has 0 aliphatic carbocycles. The van der Waals surface area contributed by atoms with E-state index in [1.54, 1.807) is 23.9 Å². The molecule has 0 aromatic heterocycles. The third-order valence-electron chi connectivity index (χ3n) is 5.47. The van der Waals surface area contributed by atoms with Crippen LogP contribution in [0, 0.1) is 0 Å². The van der Waals surface area contributed by atoms with Gasteiger partial charge in [-0.1, -0.05) is 62.8 Å². The van der Waals surface area contributed by atoms with Crippen molar-refractivity contribution in [2.45, 2.75) is 57.2 Å². The molecule has 5 nitrogen and oxygen atoms in total. The number of rotatable bonds is 12. The second-order valence-electron chi connectivity index (χ2n) is 8.11. The summed E-state index contributed by atoms with van der Waals surface area (Å²) in [4.78, 5) is 25.0. The average Bonchev–Trinajstić information content (AvgIpc) is 2.79. The summed E-state index contributed by atoms with van der Waals surface area (Å²) < 4.78 is 0. The lowest BCUT2D eigenvalue weighted by atomic mass is 10.1. The molecule has 0 fully saturated rings. The molecule has 0 spiro atoms. The zero-order valence-corrected chi connectivity index (χ0v) is 20.2. The Labute approximate surface area is 200 Å². The maximum Gasteiger partial charge on any atom is 0.251 e. The average molecular weight is 474 g/mol. The number of anilines is 2. The van der Waals surface area contributed by atoms with Crippen molar-refractivity contribution >= 4 is 46.6 Å². The van der Waals surface area contributed by atoms with Crippen molar-refractivity contribution in [2.24, 2.45) is 0 Å². The second-order valence-corrected chi connectivity index (χ2v) is 9.58. The van der Waals surface area contributed by atoms with Crippen molar-refractivity contribution in [3.05, 3.63) is 58.6 Å². The molecule has 2 aromatic carbocycles. The summed E-state index contributed by atoms with van der Waals surface area (Å²) in [5, 5.41) is 9.95. The van der Waals surface area contributed by atoms with Gasteiger partial charge in [0.1, 0.15) is 6.04 Å². The molecule has 0 radical (unpaired) electrons. The van der Waals surface area contributed by atoms with Crippen LogP contribution in [0.3, 0.4) is 0 Å². The lowest BCUT2D eigenvalue weighted by Crippen LogP contribution is -2.40. The first-order valence-electron chi connectivity index (χ1n) is 11.4.